The minimum Gasteiger partial charge on any atom is -0.508 e. The average molecular weight is 263 g/mol. The van der Waals surface area contributed by atoms with Gasteiger partial charge in [0.25, 0.3) is 0 Å². The molecule has 0 spiro atoms. The van der Waals surface area contributed by atoms with Crippen LogP contribution in [0.5, 0.6) is 11.5 Å². The van der Waals surface area contributed by atoms with Gasteiger partial charge in [0.05, 0.1) is 6.42 Å². The van der Waals surface area contributed by atoms with Crippen LogP contribution in [0.1, 0.15) is 31.9 Å². The Kier molecular flexibility index (Phi) is 4.45. The van der Waals surface area contributed by atoms with Crippen LogP contribution in [0.2, 0.25) is 0 Å². The fraction of sp³-hybridized carbons (Fsp3) is 0.500. The molecule has 1 aromatic rings. The summed E-state index contributed by atoms with van der Waals surface area (Å²) in [5, 5.41) is 21.4. The smallest absolute Gasteiger partial charge is 0.390 e. The lowest BCUT2D eigenvalue weighted by Crippen LogP contribution is -2.33. The summed E-state index contributed by atoms with van der Waals surface area (Å²) in [6.45, 7) is 3.10. The Hall–Kier alpha value is -1.43. The number of phenolic OH excluding ortho intramolecular Hbond substituents is 2. The third-order valence-electron chi connectivity index (χ3n) is 2.50. The second-order valence-electron chi connectivity index (χ2n) is 4.39. The molecule has 0 amide bonds. The lowest BCUT2D eigenvalue weighted by atomic mass is 10.1. The van der Waals surface area contributed by atoms with E-state index in [4.69, 9.17) is 0 Å². The summed E-state index contributed by atoms with van der Waals surface area (Å²) in [5.74, 6) is -0.246. The van der Waals surface area contributed by atoms with E-state index in [1.54, 1.807) is 6.92 Å². The van der Waals surface area contributed by atoms with Crippen molar-refractivity contribution in [2.45, 2.75) is 38.5 Å². The molecule has 1 rings (SSSR count). The summed E-state index contributed by atoms with van der Waals surface area (Å²) < 4.78 is 36.5. The molecular weight excluding hydrogens is 247 g/mol. The topological polar surface area (TPSA) is 52.5 Å². The van der Waals surface area contributed by atoms with Crippen molar-refractivity contribution in [2.75, 3.05) is 0 Å². The molecule has 0 radical (unpaired) electrons. The molecule has 1 aromatic carbocycles. The second-order valence-corrected chi connectivity index (χ2v) is 4.39. The molecule has 0 bridgehead atoms. The number of hydrogen-bond acceptors (Lipinski definition) is 3. The van der Waals surface area contributed by atoms with Crippen LogP contribution in [0.4, 0.5) is 13.2 Å². The van der Waals surface area contributed by atoms with E-state index < -0.39 is 24.7 Å². The Bertz CT molecular complexity index is 387. The second kappa shape index (κ2) is 5.48. The standard InChI is InChI=1S/C12H16F3NO2/c1-7(6-12(13,14)15)16-8(2)9-3-10(17)5-11(18)4-9/h3-5,7-8,16-18H,6H2,1-2H3. The quantitative estimate of drug-likeness (QED) is 0.782. The number of aromatic hydroxyl groups is 2. The summed E-state index contributed by atoms with van der Waals surface area (Å²) >= 11 is 0. The molecule has 3 N–H and O–H groups in total. The number of phenols is 2. The molecule has 0 saturated heterocycles. The molecule has 0 aliphatic rings. The maximum absolute atomic E-state index is 12.2. The normalized spacial score (nSPS) is 15.4. The third-order valence-corrected chi connectivity index (χ3v) is 2.50. The molecule has 2 atom stereocenters. The SMILES string of the molecule is CC(CC(F)(F)F)NC(C)c1cc(O)cc(O)c1. The van der Waals surface area contributed by atoms with E-state index in [2.05, 4.69) is 5.32 Å². The number of benzene rings is 1. The van der Waals surface area contributed by atoms with Crippen LogP contribution in [0, 0.1) is 0 Å². The van der Waals surface area contributed by atoms with Crippen molar-refractivity contribution in [1.82, 2.24) is 5.32 Å². The number of halogens is 3. The van der Waals surface area contributed by atoms with Gasteiger partial charge in [-0.2, -0.15) is 13.2 Å². The number of nitrogens with one attached hydrogen (secondary N) is 1. The van der Waals surface area contributed by atoms with Gasteiger partial charge in [-0.25, -0.2) is 0 Å². The van der Waals surface area contributed by atoms with Crippen LogP contribution in [0.25, 0.3) is 0 Å². The Labute approximate surface area is 103 Å². The van der Waals surface area contributed by atoms with E-state index in [1.165, 1.54) is 19.1 Å². The molecule has 0 fully saturated rings. The Morgan fingerprint density at radius 1 is 1.11 bits per heavy atom. The first-order valence-electron chi connectivity index (χ1n) is 5.53. The van der Waals surface area contributed by atoms with Crippen LogP contribution in [0.15, 0.2) is 18.2 Å². The summed E-state index contributed by atoms with van der Waals surface area (Å²) in [7, 11) is 0. The molecule has 18 heavy (non-hydrogen) atoms. The summed E-state index contributed by atoms with van der Waals surface area (Å²) in [4.78, 5) is 0. The van der Waals surface area contributed by atoms with Crippen molar-refractivity contribution in [2.24, 2.45) is 0 Å². The van der Waals surface area contributed by atoms with Crippen molar-refractivity contribution in [1.29, 1.82) is 0 Å². The molecule has 2 unspecified atom stereocenters. The van der Waals surface area contributed by atoms with Gasteiger partial charge in [0.1, 0.15) is 11.5 Å². The number of rotatable bonds is 4. The van der Waals surface area contributed by atoms with Crippen molar-refractivity contribution in [3.8, 4) is 11.5 Å². The zero-order valence-corrected chi connectivity index (χ0v) is 10.1. The first-order chi connectivity index (χ1) is 8.17. The van der Waals surface area contributed by atoms with E-state index in [0.717, 1.165) is 6.07 Å². The maximum Gasteiger partial charge on any atom is 0.390 e. The molecule has 0 aromatic heterocycles. The third kappa shape index (κ3) is 4.83. The van der Waals surface area contributed by atoms with Gasteiger partial charge in [0, 0.05) is 18.2 Å². The van der Waals surface area contributed by atoms with E-state index in [-0.39, 0.29) is 11.5 Å². The highest BCUT2D eigenvalue weighted by Crippen LogP contribution is 2.26. The molecule has 0 saturated carbocycles. The zero-order chi connectivity index (χ0) is 13.9. The Balaban J connectivity index is 2.67. The highest BCUT2D eigenvalue weighted by Gasteiger charge is 2.30. The van der Waals surface area contributed by atoms with Crippen molar-refractivity contribution in [3.05, 3.63) is 23.8 Å². The van der Waals surface area contributed by atoms with Crippen LogP contribution in [-0.2, 0) is 0 Å². The molecule has 102 valence electrons. The van der Waals surface area contributed by atoms with Crippen molar-refractivity contribution in [3.63, 3.8) is 0 Å². The van der Waals surface area contributed by atoms with E-state index >= 15 is 0 Å². The molecule has 0 aliphatic heterocycles. The van der Waals surface area contributed by atoms with Crippen LogP contribution in [0.3, 0.4) is 0 Å². The Morgan fingerprint density at radius 3 is 2.06 bits per heavy atom. The highest BCUT2D eigenvalue weighted by molar-refractivity contribution is 5.37. The molecule has 0 heterocycles. The van der Waals surface area contributed by atoms with Gasteiger partial charge in [0.2, 0.25) is 0 Å². The van der Waals surface area contributed by atoms with Gasteiger partial charge < -0.3 is 15.5 Å². The van der Waals surface area contributed by atoms with Crippen LogP contribution >= 0.6 is 0 Å². The van der Waals surface area contributed by atoms with Gasteiger partial charge >= 0.3 is 6.18 Å². The monoisotopic (exact) mass is 263 g/mol. The molecule has 6 heteroatoms. The van der Waals surface area contributed by atoms with Crippen LogP contribution < -0.4 is 5.32 Å². The summed E-state index contributed by atoms with van der Waals surface area (Å²) in [5.41, 5.74) is 0.529. The zero-order valence-electron chi connectivity index (χ0n) is 10.1. The first-order valence-corrected chi connectivity index (χ1v) is 5.53. The number of hydrogen-bond donors (Lipinski definition) is 3. The molecular formula is C12H16F3NO2. The minimum atomic E-state index is -4.22. The van der Waals surface area contributed by atoms with Crippen molar-refractivity contribution < 1.29 is 23.4 Å². The van der Waals surface area contributed by atoms with Gasteiger partial charge in [-0.05, 0) is 31.5 Å². The van der Waals surface area contributed by atoms with Gasteiger partial charge in [-0.15, -0.1) is 0 Å². The van der Waals surface area contributed by atoms with Crippen LogP contribution in [-0.4, -0.2) is 22.4 Å². The first kappa shape index (κ1) is 14.6. The largest absolute Gasteiger partial charge is 0.508 e. The fourth-order valence-electron chi connectivity index (χ4n) is 1.80. The fourth-order valence-corrected chi connectivity index (χ4v) is 1.80. The Morgan fingerprint density at radius 2 is 1.61 bits per heavy atom. The predicted molar refractivity (Wildman–Crippen MR) is 61.5 cm³/mol. The predicted octanol–water partition coefficient (Wildman–Crippen LogP) is 3.09. The van der Waals surface area contributed by atoms with Gasteiger partial charge in [-0.1, -0.05) is 0 Å². The van der Waals surface area contributed by atoms with E-state index in [1.807, 2.05) is 0 Å². The lowest BCUT2D eigenvalue weighted by molar-refractivity contribution is -0.139. The van der Waals surface area contributed by atoms with Gasteiger partial charge in [-0.3, -0.25) is 0 Å². The average Bonchev–Trinajstić information content (AvgIpc) is 2.12. The molecule has 3 nitrogen and oxygen atoms in total. The number of alkyl halides is 3. The summed E-state index contributed by atoms with van der Waals surface area (Å²) in [6.07, 6.45) is -5.14. The maximum atomic E-state index is 12.2. The lowest BCUT2D eigenvalue weighted by Gasteiger charge is -2.21. The van der Waals surface area contributed by atoms with E-state index in [0.29, 0.717) is 5.56 Å². The highest BCUT2D eigenvalue weighted by atomic mass is 19.4. The van der Waals surface area contributed by atoms with Crippen molar-refractivity contribution >= 4 is 0 Å². The minimum absolute atomic E-state index is 0.123. The van der Waals surface area contributed by atoms with Gasteiger partial charge in [0.15, 0.2) is 0 Å². The summed E-state index contributed by atoms with van der Waals surface area (Å²) in [6, 6.07) is 2.81. The molecule has 0 aliphatic carbocycles. The van der Waals surface area contributed by atoms with E-state index in [9.17, 15) is 23.4 Å².